The fourth-order valence-electron chi connectivity index (χ4n) is 1.78. The summed E-state index contributed by atoms with van der Waals surface area (Å²) in [4.78, 5) is 23.6. The van der Waals surface area contributed by atoms with Crippen LogP contribution in [-0.4, -0.2) is 34.3 Å². The molecule has 2 N–H and O–H groups in total. The molecule has 22 heavy (non-hydrogen) atoms. The zero-order chi connectivity index (χ0) is 15.9. The van der Waals surface area contributed by atoms with Gasteiger partial charge in [0.2, 0.25) is 11.8 Å². The van der Waals surface area contributed by atoms with E-state index in [0.29, 0.717) is 0 Å². The fraction of sp³-hybridized carbons (Fsp3) is 0.286. The summed E-state index contributed by atoms with van der Waals surface area (Å²) in [5.41, 5.74) is 4.39. The number of hydrogen-bond acceptors (Lipinski definition) is 6. The zero-order valence-electron chi connectivity index (χ0n) is 12.3. The molecule has 0 fully saturated rings. The van der Waals surface area contributed by atoms with Crippen molar-refractivity contribution in [1.82, 2.24) is 15.5 Å². The Hall–Kier alpha value is -1.93. The summed E-state index contributed by atoms with van der Waals surface area (Å²) in [7, 11) is 0. The molecular formula is C14H16N4O2S2. The predicted molar refractivity (Wildman–Crippen MR) is 88.2 cm³/mol. The summed E-state index contributed by atoms with van der Waals surface area (Å²) < 4.78 is 0.732. The van der Waals surface area contributed by atoms with E-state index >= 15 is 0 Å². The highest BCUT2D eigenvalue weighted by molar-refractivity contribution is 8.01. The Morgan fingerprint density at radius 1 is 1.23 bits per heavy atom. The van der Waals surface area contributed by atoms with Gasteiger partial charge in [0.25, 0.3) is 0 Å². The third-order valence-corrected chi connectivity index (χ3v) is 4.72. The van der Waals surface area contributed by atoms with Gasteiger partial charge in [0.05, 0.1) is 12.3 Å². The molecule has 0 aliphatic carbocycles. The van der Waals surface area contributed by atoms with Gasteiger partial charge >= 0.3 is 0 Å². The maximum atomic E-state index is 11.9. The highest BCUT2D eigenvalue weighted by Gasteiger charge is 2.10. The molecule has 0 aliphatic rings. The SMILES string of the molecule is Cc1cccc(C)c1NC(=O)CNC(=O)CSc1nncs1. The second kappa shape index (κ2) is 7.90. The molecule has 1 aromatic carbocycles. The Balaban J connectivity index is 1.76. The van der Waals surface area contributed by atoms with Crippen molar-refractivity contribution in [2.45, 2.75) is 18.2 Å². The molecule has 0 radical (unpaired) electrons. The maximum Gasteiger partial charge on any atom is 0.243 e. The lowest BCUT2D eigenvalue weighted by atomic mass is 10.1. The van der Waals surface area contributed by atoms with Crippen molar-refractivity contribution >= 4 is 40.6 Å². The van der Waals surface area contributed by atoms with Crippen LogP contribution in [0, 0.1) is 13.8 Å². The van der Waals surface area contributed by atoms with Crippen molar-refractivity contribution in [3.8, 4) is 0 Å². The molecule has 0 saturated carbocycles. The Morgan fingerprint density at radius 3 is 2.59 bits per heavy atom. The third-order valence-electron chi connectivity index (χ3n) is 2.86. The van der Waals surface area contributed by atoms with E-state index in [9.17, 15) is 9.59 Å². The number of carbonyl (C=O) groups excluding carboxylic acids is 2. The summed E-state index contributed by atoms with van der Waals surface area (Å²) in [6.07, 6.45) is 0. The van der Waals surface area contributed by atoms with Gasteiger partial charge < -0.3 is 10.6 Å². The number of hydrogen-bond donors (Lipinski definition) is 2. The van der Waals surface area contributed by atoms with Crippen LogP contribution >= 0.6 is 23.1 Å². The van der Waals surface area contributed by atoms with Crippen molar-refractivity contribution in [1.29, 1.82) is 0 Å². The average molecular weight is 336 g/mol. The monoisotopic (exact) mass is 336 g/mol. The minimum Gasteiger partial charge on any atom is -0.346 e. The number of anilines is 1. The Labute approximate surface area is 136 Å². The molecule has 1 aromatic heterocycles. The number of carbonyl (C=O) groups is 2. The molecule has 0 spiro atoms. The van der Waals surface area contributed by atoms with E-state index in [-0.39, 0.29) is 24.1 Å². The smallest absolute Gasteiger partial charge is 0.243 e. The topological polar surface area (TPSA) is 84.0 Å². The van der Waals surface area contributed by atoms with Gasteiger partial charge in [-0.25, -0.2) is 0 Å². The van der Waals surface area contributed by atoms with Crippen LogP contribution in [0.5, 0.6) is 0 Å². The third kappa shape index (κ3) is 4.81. The summed E-state index contributed by atoms with van der Waals surface area (Å²) in [5.74, 6) is -0.241. The second-order valence-corrected chi connectivity index (χ2v) is 6.64. The highest BCUT2D eigenvalue weighted by atomic mass is 32.2. The van der Waals surface area contributed by atoms with Crippen LogP contribution in [0.3, 0.4) is 0 Å². The van der Waals surface area contributed by atoms with Crippen molar-refractivity contribution in [3.63, 3.8) is 0 Å². The first-order valence-electron chi connectivity index (χ1n) is 6.58. The number of benzene rings is 1. The van der Waals surface area contributed by atoms with Crippen LogP contribution < -0.4 is 10.6 Å². The van der Waals surface area contributed by atoms with E-state index in [1.807, 2.05) is 32.0 Å². The first kappa shape index (κ1) is 16.4. The number of thioether (sulfide) groups is 1. The number of para-hydroxylation sites is 1. The van der Waals surface area contributed by atoms with Gasteiger partial charge in [-0.1, -0.05) is 41.3 Å². The zero-order valence-corrected chi connectivity index (χ0v) is 13.9. The van der Waals surface area contributed by atoms with E-state index in [2.05, 4.69) is 20.8 Å². The molecule has 0 atom stereocenters. The molecule has 116 valence electrons. The van der Waals surface area contributed by atoms with E-state index in [4.69, 9.17) is 0 Å². The summed E-state index contributed by atoms with van der Waals surface area (Å²) in [6.45, 7) is 3.81. The molecule has 8 heteroatoms. The van der Waals surface area contributed by atoms with Crippen molar-refractivity contribution in [2.75, 3.05) is 17.6 Å². The van der Waals surface area contributed by atoms with Crippen LogP contribution in [0.4, 0.5) is 5.69 Å². The van der Waals surface area contributed by atoms with Gasteiger partial charge in [-0.3, -0.25) is 9.59 Å². The van der Waals surface area contributed by atoms with Gasteiger partial charge in [-0.15, -0.1) is 10.2 Å². The van der Waals surface area contributed by atoms with Crippen LogP contribution in [0.15, 0.2) is 28.0 Å². The number of aromatic nitrogens is 2. The van der Waals surface area contributed by atoms with Crippen molar-refractivity contribution in [3.05, 3.63) is 34.8 Å². The average Bonchev–Trinajstić information content (AvgIpc) is 3.00. The van der Waals surface area contributed by atoms with E-state index in [0.717, 1.165) is 21.2 Å². The van der Waals surface area contributed by atoms with Crippen LogP contribution in [0.2, 0.25) is 0 Å². The summed E-state index contributed by atoms with van der Waals surface area (Å²) in [5, 5.41) is 12.9. The molecule has 2 rings (SSSR count). The minimum absolute atomic E-state index is 0.0523. The first-order valence-corrected chi connectivity index (χ1v) is 8.44. The molecule has 0 aliphatic heterocycles. The molecule has 2 aromatic rings. The van der Waals surface area contributed by atoms with Gasteiger partial charge in [-0.05, 0) is 25.0 Å². The van der Waals surface area contributed by atoms with E-state index in [1.54, 1.807) is 5.51 Å². The highest BCUT2D eigenvalue weighted by Crippen LogP contribution is 2.19. The lowest BCUT2D eigenvalue weighted by molar-refractivity contribution is -0.122. The molecule has 1 heterocycles. The van der Waals surface area contributed by atoms with Gasteiger partial charge in [0, 0.05) is 5.69 Å². The number of nitrogens with one attached hydrogen (secondary N) is 2. The van der Waals surface area contributed by atoms with Crippen LogP contribution in [-0.2, 0) is 9.59 Å². The Kier molecular flexibility index (Phi) is 5.91. The van der Waals surface area contributed by atoms with Gasteiger partial charge in [-0.2, -0.15) is 0 Å². The van der Waals surface area contributed by atoms with E-state index in [1.165, 1.54) is 23.1 Å². The number of aryl methyl sites for hydroxylation is 2. The van der Waals surface area contributed by atoms with Crippen molar-refractivity contribution < 1.29 is 9.59 Å². The van der Waals surface area contributed by atoms with E-state index < -0.39 is 0 Å². The molecule has 0 saturated heterocycles. The number of amides is 2. The maximum absolute atomic E-state index is 11.9. The lowest BCUT2D eigenvalue weighted by Gasteiger charge is -2.11. The largest absolute Gasteiger partial charge is 0.346 e. The van der Waals surface area contributed by atoms with Gasteiger partial charge in [0.1, 0.15) is 5.51 Å². The Bertz CT molecular complexity index is 639. The molecule has 2 amide bonds. The number of nitrogens with zero attached hydrogens (tertiary/aromatic N) is 2. The molecule has 0 unspecified atom stereocenters. The summed E-state index contributed by atoms with van der Waals surface area (Å²) >= 11 is 2.67. The standard InChI is InChI=1S/C14H16N4O2S2/c1-9-4-3-5-10(2)13(9)17-11(19)6-15-12(20)7-21-14-18-16-8-22-14/h3-5,8H,6-7H2,1-2H3,(H,15,20)(H,17,19). The predicted octanol–water partition coefficient (Wildman–Crippen LogP) is 2.00. The van der Waals surface area contributed by atoms with Crippen LogP contribution in [0.1, 0.15) is 11.1 Å². The lowest BCUT2D eigenvalue weighted by Crippen LogP contribution is -2.34. The minimum atomic E-state index is -0.244. The Morgan fingerprint density at radius 2 is 1.95 bits per heavy atom. The van der Waals surface area contributed by atoms with Crippen LogP contribution in [0.25, 0.3) is 0 Å². The van der Waals surface area contributed by atoms with Gasteiger partial charge in [0.15, 0.2) is 4.34 Å². The fourth-order valence-corrected chi connectivity index (χ4v) is 3.10. The normalized spacial score (nSPS) is 10.3. The molecular weight excluding hydrogens is 320 g/mol. The first-order chi connectivity index (χ1) is 10.6. The quantitative estimate of drug-likeness (QED) is 0.788. The molecule has 6 nitrogen and oxygen atoms in total. The summed E-state index contributed by atoms with van der Waals surface area (Å²) in [6, 6.07) is 5.80. The second-order valence-electron chi connectivity index (χ2n) is 4.59. The molecule has 0 bridgehead atoms. The number of rotatable bonds is 6. The van der Waals surface area contributed by atoms with Crippen molar-refractivity contribution in [2.24, 2.45) is 0 Å².